The molecule has 0 bridgehead atoms. The summed E-state index contributed by atoms with van der Waals surface area (Å²) < 4.78 is 0. The van der Waals surface area contributed by atoms with Crippen LogP contribution in [0.5, 0.6) is 0 Å². The summed E-state index contributed by atoms with van der Waals surface area (Å²) in [4.78, 5) is 24.7. The van der Waals surface area contributed by atoms with E-state index in [4.69, 9.17) is 5.53 Å². The molecule has 0 heterocycles. The van der Waals surface area contributed by atoms with Gasteiger partial charge in [0.2, 0.25) is 0 Å². The summed E-state index contributed by atoms with van der Waals surface area (Å²) in [6.07, 6.45) is 2.96. The largest absolute Gasteiger partial charge is 0.289 e. The van der Waals surface area contributed by atoms with E-state index >= 15 is 0 Å². The van der Waals surface area contributed by atoms with Crippen LogP contribution in [0.25, 0.3) is 16.5 Å². The highest BCUT2D eigenvalue weighted by Crippen LogP contribution is 2.15. The van der Waals surface area contributed by atoms with Crippen LogP contribution >= 0.6 is 0 Å². The molecule has 0 saturated carbocycles. The van der Waals surface area contributed by atoms with Gasteiger partial charge in [-0.3, -0.25) is 14.9 Å². The van der Waals surface area contributed by atoms with Crippen molar-refractivity contribution >= 4 is 23.2 Å². The second-order valence-electron chi connectivity index (χ2n) is 4.28. The predicted octanol–water partition coefficient (Wildman–Crippen LogP) is 4.43. The van der Waals surface area contributed by atoms with Crippen molar-refractivity contribution in [2.24, 2.45) is 5.11 Å². The predicted molar refractivity (Wildman–Crippen MR) is 81.7 cm³/mol. The van der Waals surface area contributed by atoms with E-state index in [9.17, 15) is 14.9 Å². The van der Waals surface area contributed by atoms with Crippen molar-refractivity contribution in [2.75, 3.05) is 0 Å². The molecular formula is C15H10N4O3. The highest BCUT2D eigenvalue weighted by atomic mass is 16.6. The van der Waals surface area contributed by atoms with E-state index < -0.39 is 4.92 Å². The number of benzene rings is 2. The van der Waals surface area contributed by atoms with Crippen LogP contribution in [0.2, 0.25) is 0 Å². The molecule has 0 amide bonds. The Morgan fingerprint density at radius 3 is 2.32 bits per heavy atom. The number of azide groups is 1. The van der Waals surface area contributed by atoms with Crippen molar-refractivity contribution in [3.05, 3.63) is 86.3 Å². The number of carbonyl (C=O) groups excluding carboxylic acids is 1. The Labute approximate surface area is 125 Å². The van der Waals surface area contributed by atoms with E-state index in [2.05, 4.69) is 10.0 Å². The van der Waals surface area contributed by atoms with Gasteiger partial charge in [0, 0.05) is 28.3 Å². The number of hydrogen-bond acceptors (Lipinski definition) is 4. The molecule has 0 saturated heterocycles. The Hall–Kier alpha value is -3.44. The zero-order chi connectivity index (χ0) is 15.9. The first-order valence-corrected chi connectivity index (χ1v) is 6.22. The summed E-state index contributed by atoms with van der Waals surface area (Å²) in [5, 5.41) is 14.0. The van der Waals surface area contributed by atoms with Crippen LogP contribution in [0.15, 0.2) is 59.7 Å². The lowest BCUT2D eigenvalue weighted by Gasteiger charge is -1.97. The van der Waals surface area contributed by atoms with Gasteiger partial charge >= 0.3 is 0 Å². The number of hydrogen-bond donors (Lipinski definition) is 0. The van der Waals surface area contributed by atoms with Gasteiger partial charge in [-0.25, -0.2) is 0 Å². The van der Waals surface area contributed by atoms with Crippen molar-refractivity contribution in [2.45, 2.75) is 0 Å². The first-order valence-electron chi connectivity index (χ1n) is 6.22. The molecule has 0 radical (unpaired) electrons. The van der Waals surface area contributed by atoms with E-state index in [1.54, 1.807) is 42.5 Å². The minimum Gasteiger partial charge on any atom is -0.289 e. The molecule has 0 N–H and O–H groups in total. The van der Waals surface area contributed by atoms with Gasteiger partial charge in [-0.1, -0.05) is 35.5 Å². The maximum Gasteiger partial charge on any atom is 0.269 e. The van der Waals surface area contributed by atoms with E-state index in [1.807, 2.05) is 0 Å². The topological polar surface area (TPSA) is 109 Å². The Morgan fingerprint density at radius 1 is 1.14 bits per heavy atom. The fraction of sp³-hybridized carbons (Fsp3) is 0. The third-order valence-electron chi connectivity index (χ3n) is 2.84. The number of carbonyl (C=O) groups is 1. The van der Waals surface area contributed by atoms with Gasteiger partial charge in [0.1, 0.15) is 0 Å². The SMILES string of the molecule is [N-]=[N+]=Nc1ccc(C(=O)/C=C/c2ccc([N+](=O)[O-])cc2)cc1. The van der Waals surface area contributed by atoms with Gasteiger partial charge in [-0.15, -0.1) is 0 Å². The third-order valence-corrected chi connectivity index (χ3v) is 2.84. The Morgan fingerprint density at radius 2 is 1.77 bits per heavy atom. The van der Waals surface area contributed by atoms with Crippen molar-refractivity contribution in [1.82, 2.24) is 0 Å². The van der Waals surface area contributed by atoms with Crippen molar-refractivity contribution in [1.29, 1.82) is 0 Å². The summed E-state index contributed by atoms with van der Waals surface area (Å²) >= 11 is 0. The molecule has 2 rings (SSSR count). The Bertz CT molecular complexity index is 773. The average molecular weight is 294 g/mol. The van der Waals surface area contributed by atoms with E-state index in [-0.39, 0.29) is 11.5 Å². The number of non-ortho nitro benzene ring substituents is 1. The second-order valence-corrected chi connectivity index (χ2v) is 4.28. The first-order chi connectivity index (χ1) is 10.6. The lowest BCUT2D eigenvalue weighted by atomic mass is 10.1. The maximum atomic E-state index is 12.0. The molecule has 22 heavy (non-hydrogen) atoms. The molecular weight excluding hydrogens is 284 g/mol. The van der Waals surface area contributed by atoms with Gasteiger partial charge < -0.3 is 0 Å². The normalized spacial score (nSPS) is 10.2. The molecule has 0 aliphatic rings. The number of allylic oxidation sites excluding steroid dienone is 1. The van der Waals surface area contributed by atoms with Crippen molar-refractivity contribution in [3.63, 3.8) is 0 Å². The van der Waals surface area contributed by atoms with Crippen LogP contribution in [-0.4, -0.2) is 10.7 Å². The van der Waals surface area contributed by atoms with Gasteiger partial charge in [0.05, 0.1) is 4.92 Å². The molecule has 0 aliphatic heterocycles. The standard InChI is InChI=1S/C15H10N4O3/c16-18-17-13-6-4-12(5-7-13)15(20)10-3-11-1-8-14(9-2-11)19(21)22/h1-10H/b10-3+. The van der Waals surface area contributed by atoms with Crippen LogP contribution in [0.3, 0.4) is 0 Å². The lowest BCUT2D eigenvalue weighted by Crippen LogP contribution is -1.93. The molecule has 7 heteroatoms. The van der Waals surface area contributed by atoms with Gasteiger partial charge in [0.15, 0.2) is 5.78 Å². The smallest absolute Gasteiger partial charge is 0.269 e. The van der Waals surface area contributed by atoms with Crippen molar-refractivity contribution < 1.29 is 9.72 Å². The zero-order valence-corrected chi connectivity index (χ0v) is 11.3. The molecule has 0 atom stereocenters. The van der Waals surface area contributed by atoms with E-state index in [0.717, 1.165) is 0 Å². The average Bonchev–Trinajstić information content (AvgIpc) is 2.54. The summed E-state index contributed by atoms with van der Waals surface area (Å²) in [5.74, 6) is -0.217. The van der Waals surface area contributed by atoms with Crippen LogP contribution in [0.1, 0.15) is 15.9 Å². The molecule has 0 aliphatic carbocycles. The Kier molecular flexibility index (Phi) is 4.64. The summed E-state index contributed by atoms with van der Waals surface area (Å²) in [6.45, 7) is 0. The molecule has 108 valence electrons. The van der Waals surface area contributed by atoms with E-state index in [1.165, 1.54) is 18.2 Å². The molecule has 0 unspecified atom stereocenters. The first kappa shape index (κ1) is 15.0. The summed E-state index contributed by atoms with van der Waals surface area (Å²) in [5.41, 5.74) is 9.87. The molecule has 0 fully saturated rings. The Balaban J connectivity index is 2.10. The fourth-order valence-electron chi connectivity index (χ4n) is 1.72. The number of nitro benzene ring substituents is 1. The quantitative estimate of drug-likeness (QED) is 0.155. The van der Waals surface area contributed by atoms with Gasteiger partial charge in [-0.2, -0.15) is 0 Å². The van der Waals surface area contributed by atoms with E-state index in [0.29, 0.717) is 16.8 Å². The van der Waals surface area contributed by atoms with Crippen molar-refractivity contribution in [3.8, 4) is 0 Å². The minimum absolute atomic E-state index is 0.00267. The molecule has 7 nitrogen and oxygen atoms in total. The third kappa shape index (κ3) is 3.78. The maximum absolute atomic E-state index is 12.0. The minimum atomic E-state index is -0.482. The number of ketones is 1. The number of nitrogens with zero attached hydrogens (tertiary/aromatic N) is 4. The molecule has 2 aromatic rings. The fourth-order valence-corrected chi connectivity index (χ4v) is 1.72. The monoisotopic (exact) mass is 294 g/mol. The molecule has 0 aromatic heterocycles. The summed E-state index contributed by atoms with van der Waals surface area (Å²) in [7, 11) is 0. The highest BCUT2D eigenvalue weighted by molar-refractivity contribution is 6.06. The van der Waals surface area contributed by atoms with Gasteiger partial charge in [0.25, 0.3) is 5.69 Å². The highest BCUT2D eigenvalue weighted by Gasteiger charge is 2.04. The number of nitro groups is 1. The molecule has 0 spiro atoms. The lowest BCUT2D eigenvalue weighted by molar-refractivity contribution is -0.384. The zero-order valence-electron chi connectivity index (χ0n) is 11.3. The summed E-state index contributed by atoms with van der Waals surface area (Å²) in [6, 6.07) is 12.1. The van der Waals surface area contributed by atoms with Crippen LogP contribution in [-0.2, 0) is 0 Å². The van der Waals surface area contributed by atoms with Gasteiger partial charge in [-0.05, 0) is 29.3 Å². The van der Waals surface area contributed by atoms with Crippen LogP contribution < -0.4 is 0 Å². The van der Waals surface area contributed by atoms with Crippen LogP contribution in [0.4, 0.5) is 11.4 Å². The van der Waals surface area contributed by atoms with Crippen LogP contribution in [0, 0.1) is 10.1 Å². The molecule has 2 aromatic carbocycles. The number of rotatable bonds is 5. The second kappa shape index (κ2) is 6.83.